The maximum absolute atomic E-state index is 12.5. The molecule has 2 aromatic rings. The molecule has 1 aliphatic rings. The van der Waals surface area contributed by atoms with Gasteiger partial charge in [-0.05, 0) is 75.1 Å². The Labute approximate surface area is 152 Å². The largest absolute Gasteiger partial charge is 0.489 e. The number of halogens is 1. The normalized spacial score (nSPS) is 13.9. The van der Waals surface area contributed by atoms with Crippen molar-refractivity contribution in [3.05, 3.63) is 58.1 Å². The molecule has 0 unspecified atom stereocenters. The van der Waals surface area contributed by atoms with Crippen LogP contribution >= 0.6 is 11.6 Å². The first-order chi connectivity index (χ1) is 11.9. The van der Waals surface area contributed by atoms with Gasteiger partial charge >= 0.3 is 0 Å². The number of nitrogens with one attached hydrogen (secondary N) is 1. The molecule has 0 aliphatic heterocycles. The van der Waals surface area contributed by atoms with Crippen LogP contribution in [0.4, 0.5) is 5.69 Å². The third kappa shape index (κ3) is 4.02. The molecule has 1 aliphatic carbocycles. The number of carbonyl (C=O) groups is 2. The van der Waals surface area contributed by atoms with Crippen LogP contribution in [0.1, 0.15) is 52.5 Å². The maximum atomic E-state index is 12.5. The van der Waals surface area contributed by atoms with E-state index in [0.29, 0.717) is 27.6 Å². The van der Waals surface area contributed by atoms with Gasteiger partial charge in [-0.2, -0.15) is 0 Å². The number of hydrogen-bond donors (Lipinski definition) is 1. The third-order valence-electron chi connectivity index (χ3n) is 4.38. The summed E-state index contributed by atoms with van der Waals surface area (Å²) in [6, 6.07) is 10.2. The van der Waals surface area contributed by atoms with Gasteiger partial charge in [0, 0.05) is 16.8 Å². The van der Waals surface area contributed by atoms with E-state index in [-0.39, 0.29) is 17.8 Å². The van der Waals surface area contributed by atoms with E-state index >= 15 is 0 Å². The topological polar surface area (TPSA) is 55.4 Å². The molecule has 0 bridgehead atoms. The molecule has 0 radical (unpaired) electrons. The van der Waals surface area contributed by atoms with Crippen LogP contribution in [0.3, 0.4) is 0 Å². The Morgan fingerprint density at radius 2 is 1.80 bits per heavy atom. The van der Waals surface area contributed by atoms with Crippen LogP contribution in [-0.2, 0) is 0 Å². The molecule has 0 saturated heterocycles. The van der Waals surface area contributed by atoms with Crippen LogP contribution in [0.2, 0.25) is 5.02 Å². The van der Waals surface area contributed by atoms with Gasteiger partial charge in [0.25, 0.3) is 5.91 Å². The lowest BCUT2D eigenvalue weighted by atomic mass is 9.96. The Balaban J connectivity index is 1.74. The van der Waals surface area contributed by atoms with Gasteiger partial charge in [0.15, 0.2) is 5.78 Å². The molecular weight excluding hydrogens is 338 g/mol. The summed E-state index contributed by atoms with van der Waals surface area (Å²) in [5, 5.41) is 3.26. The minimum atomic E-state index is -0.254. The van der Waals surface area contributed by atoms with E-state index in [1.807, 2.05) is 6.92 Å². The van der Waals surface area contributed by atoms with Crippen molar-refractivity contribution in [3.8, 4) is 5.75 Å². The summed E-state index contributed by atoms with van der Waals surface area (Å²) in [5.41, 5.74) is 2.54. The van der Waals surface area contributed by atoms with Gasteiger partial charge in [-0.1, -0.05) is 11.6 Å². The Kier molecular flexibility index (Phi) is 5.09. The van der Waals surface area contributed by atoms with Crippen molar-refractivity contribution < 1.29 is 14.3 Å². The highest BCUT2D eigenvalue weighted by Crippen LogP contribution is 2.34. The van der Waals surface area contributed by atoms with Gasteiger partial charge in [0.05, 0.1) is 11.1 Å². The molecule has 2 aromatic carbocycles. The smallest absolute Gasteiger partial charge is 0.255 e. The van der Waals surface area contributed by atoms with E-state index in [2.05, 4.69) is 5.32 Å². The first-order valence-corrected chi connectivity index (χ1v) is 8.71. The number of anilines is 1. The predicted molar refractivity (Wildman–Crippen MR) is 98.9 cm³/mol. The number of ether oxygens (including phenoxy) is 1. The van der Waals surface area contributed by atoms with Crippen LogP contribution in [0.25, 0.3) is 0 Å². The minimum absolute atomic E-state index is 0.0117. The molecule has 3 rings (SSSR count). The zero-order valence-electron chi connectivity index (χ0n) is 14.3. The van der Waals surface area contributed by atoms with Gasteiger partial charge in [-0.25, -0.2) is 0 Å². The number of ketones is 1. The number of amides is 1. The van der Waals surface area contributed by atoms with Gasteiger partial charge in [-0.15, -0.1) is 0 Å². The van der Waals surface area contributed by atoms with E-state index in [1.165, 1.54) is 13.3 Å². The Morgan fingerprint density at radius 3 is 2.32 bits per heavy atom. The van der Waals surface area contributed by atoms with Crippen LogP contribution in [0.15, 0.2) is 36.4 Å². The monoisotopic (exact) mass is 357 g/mol. The fourth-order valence-electron chi connectivity index (χ4n) is 2.66. The van der Waals surface area contributed by atoms with Gasteiger partial charge in [-0.3, -0.25) is 9.59 Å². The first-order valence-electron chi connectivity index (χ1n) is 8.33. The van der Waals surface area contributed by atoms with Crippen LogP contribution < -0.4 is 10.1 Å². The third-order valence-corrected chi connectivity index (χ3v) is 4.66. The number of Topliss-reactive ketones (excluding diaryl/α,β-unsaturated/α-hetero) is 1. The highest BCUT2D eigenvalue weighted by atomic mass is 35.5. The van der Waals surface area contributed by atoms with Crippen LogP contribution in [-0.4, -0.2) is 17.8 Å². The molecule has 5 heteroatoms. The molecule has 130 valence electrons. The zero-order valence-corrected chi connectivity index (χ0v) is 15.0. The van der Waals surface area contributed by atoms with E-state index < -0.39 is 0 Å². The molecule has 0 heterocycles. The summed E-state index contributed by atoms with van der Waals surface area (Å²) >= 11 is 6.32. The lowest BCUT2D eigenvalue weighted by Gasteiger charge is -2.27. The number of carbonyl (C=O) groups excluding carboxylic acids is 2. The van der Waals surface area contributed by atoms with Crippen molar-refractivity contribution in [2.24, 2.45) is 0 Å². The van der Waals surface area contributed by atoms with Gasteiger partial charge < -0.3 is 10.1 Å². The summed E-state index contributed by atoms with van der Waals surface area (Å²) in [4.78, 5) is 23.8. The number of aryl methyl sites for hydroxylation is 1. The Morgan fingerprint density at radius 1 is 1.12 bits per heavy atom. The van der Waals surface area contributed by atoms with Crippen LogP contribution in [0, 0.1) is 6.92 Å². The second-order valence-corrected chi connectivity index (χ2v) is 6.77. The number of benzene rings is 2. The molecule has 0 atom stereocenters. The van der Waals surface area contributed by atoms with Crippen molar-refractivity contribution in [2.45, 2.75) is 39.2 Å². The fourth-order valence-corrected chi connectivity index (χ4v) is 2.97. The zero-order chi connectivity index (χ0) is 18.0. The average Bonchev–Trinajstić information content (AvgIpc) is 2.52. The summed E-state index contributed by atoms with van der Waals surface area (Å²) in [6.45, 7) is 3.39. The SMILES string of the molecule is CC(=O)c1ccc(NC(=O)c2cc(C)c(OC3CCC3)c(Cl)c2)cc1. The molecule has 1 fully saturated rings. The quantitative estimate of drug-likeness (QED) is 0.763. The minimum Gasteiger partial charge on any atom is -0.489 e. The lowest BCUT2D eigenvalue weighted by molar-refractivity contribution is 0.101. The molecular formula is C20H20ClNO3. The fraction of sp³-hybridized carbons (Fsp3) is 0.300. The molecule has 1 N–H and O–H groups in total. The van der Waals surface area contributed by atoms with Crippen LogP contribution in [0.5, 0.6) is 5.75 Å². The Hall–Kier alpha value is -2.33. The van der Waals surface area contributed by atoms with Crippen molar-refractivity contribution in [1.29, 1.82) is 0 Å². The second-order valence-electron chi connectivity index (χ2n) is 6.36. The standard InChI is InChI=1S/C20H20ClNO3/c1-12-10-15(11-18(21)19(12)25-17-4-3-5-17)20(24)22-16-8-6-14(7-9-16)13(2)23/h6-11,17H,3-5H2,1-2H3,(H,22,24). The van der Waals surface area contributed by atoms with E-state index in [1.54, 1.807) is 36.4 Å². The van der Waals surface area contributed by atoms with Crippen molar-refractivity contribution >= 4 is 29.0 Å². The average molecular weight is 358 g/mol. The van der Waals surface area contributed by atoms with E-state index in [4.69, 9.17) is 16.3 Å². The molecule has 25 heavy (non-hydrogen) atoms. The molecule has 1 amide bonds. The van der Waals surface area contributed by atoms with E-state index in [0.717, 1.165) is 18.4 Å². The maximum Gasteiger partial charge on any atom is 0.255 e. The summed E-state index contributed by atoms with van der Waals surface area (Å²) in [5.74, 6) is 0.395. The second kappa shape index (κ2) is 7.28. The van der Waals surface area contributed by atoms with Gasteiger partial charge in [0.2, 0.25) is 0 Å². The molecule has 0 aromatic heterocycles. The highest BCUT2D eigenvalue weighted by molar-refractivity contribution is 6.32. The first kappa shape index (κ1) is 17.5. The summed E-state index contributed by atoms with van der Waals surface area (Å²) in [6.07, 6.45) is 3.52. The van der Waals surface area contributed by atoms with Crippen molar-refractivity contribution in [3.63, 3.8) is 0 Å². The summed E-state index contributed by atoms with van der Waals surface area (Å²) in [7, 11) is 0. The Bertz CT molecular complexity index is 787. The number of rotatable bonds is 5. The lowest BCUT2D eigenvalue weighted by Crippen LogP contribution is -2.25. The van der Waals surface area contributed by atoms with Crippen molar-refractivity contribution in [2.75, 3.05) is 5.32 Å². The van der Waals surface area contributed by atoms with E-state index in [9.17, 15) is 9.59 Å². The van der Waals surface area contributed by atoms with Gasteiger partial charge in [0.1, 0.15) is 5.75 Å². The highest BCUT2D eigenvalue weighted by Gasteiger charge is 2.22. The summed E-state index contributed by atoms with van der Waals surface area (Å²) < 4.78 is 5.90. The predicted octanol–water partition coefficient (Wildman–Crippen LogP) is 5.03. The number of hydrogen-bond acceptors (Lipinski definition) is 3. The molecule has 0 spiro atoms. The molecule has 1 saturated carbocycles. The molecule has 4 nitrogen and oxygen atoms in total. The van der Waals surface area contributed by atoms with Crippen molar-refractivity contribution in [1.82, 2.24) is 0 Å².